The van der Waals surface area contributed by atoms with Gasteiger partial charge in [0.05, 0.1) is 11.4 Å². The van der Waals surface area contributed by atoms with Crippen LogP contribution in [0.3, 0.4) is 0 Å². The molecule has 0 N–H and O–H groups in total. The smallest absolute Gasteiger partial charge is 0.419 e. The van der Waals surface area contributed by atoms with E-state index >= 15 is 0 Å². The van der Waals surface area contributed by atoms with Gasteiger partial charge in [-0.1, -0.05) is 12.1 Å². The Morgan fingerprint density at radius 3 is 1.80 bits per heavy atom. The number of ether oxygens (including phenoxy) is 2. The number of aromatic nitrogens is 2. The fourth-order valence-electron chi connectivity index (χ4n) is 9.11. The highest BCUT2D eigenvalue weighted by Gasteiger charge is 2.38. The van der Waals surface area contributed by atoms with Gasteiger partial charge in [0, 0.05) is 72.5 Å². The monoisotopic (exact) mass is 933 g/mol. The molecule has 5 aromatic rings. The number of aryl methyl sites for hydroxylation is 4. The van der Waals surface area contributed by atoms with Gasteiger partial charge in [-0.3, -0.25) is 19.3 Å². The van der Waals surface area contributed by atoms with Crippen molar-refractivity contribution >= 4 is 64.0 Å². The van der Waals surface area contributed by atoms with E-state index in [2.05, 4.69) is 27.7 Å². The number of anilines is 2. The van der Waals surface area contributed by atoms with Crippen LogP contribution in [0.15, 0.2) is 78.0 Å². The van der Waals surface area contributed by atoms with Gasteiger partial charge in [0.25, 0.3) is 11.8 Å². The molecule has 0 bridgehead atoms. The fourth-order valence-corrected chi connectivity index (χ4v) is 11.0. The Bertz CT molecular complexity index is 2520. The Labute approximate surface area is 394 Å². The van der Waals surface area contributed by atoms with Crippen LogP contribution in [0.5, 0.6) is 0 Å². The number of amides is 4. The number of rotatable bonds is 7. The minimum absolute atomic E-state index is 0.0105. The third kappa shape index (κ3) is 10.9. The van der Waals surface area contributed by atoms with Crippen LogP contribution in [-0.4, -0.2) is 113 Å². The zero-order valence-electron chi connectivity index (χ0n) is 38.1. The predicted octanol–water partition coefficient (Wildman–Crippen LogP) is 8.73. The van der Waals surface area contributed by atoms with Gasteiger partial charge in [-0.15, -0.1) is 22.7 Å². The number of imidazole rings is 1. The van der Waals surface area contributed by atoms with Gasteiger partial charge in [0.2, 0.25) is 5.91 Å². The molecule has 348 valence electrons. The summed E-state index contributed by atoms with van der Waals surface area (Å²) in [5, 5.41) is 4.11. The zero-order valence-corrected chi connectivity index (χ0v) is 39.7. The summed E-state index contributed by atoms with van der Waals surface area (Å²) in [5.41, 5.74) is 6.94. The molecule has 9 rings (SSSR count). The van der Waals surface area contributed by atoms with E-state index in [1.54, 1.807) is 27.6 Å². The maximum Gasteiger partial charge on any atom is 0.419 e. The van der Waals surface area contributed by atoms with Gasteiger partial charge in [-0.05, 0) is 155 Å². The molecule has 16 heteroatoms. The standard InChI is InChI=1S/C29H38N4O4S.C21H21N3O3S/c1-21-19-22(27(34)32-14-4-3-8-26-24(32)11-18-38-26)9-10-23(21)20-37-29(36)33-15-5-7-25(33)28(35)31-13-6-12-30(2)16-17-31;1-15-12-16(5-6-17(15)13-27-21(26)23-10-8-22-14-23)20(25)24-9-3-2-4-19-18(24)7-11-28-19/h9-11,18-19,25H,3-8,12-17,20H2,1-2H3;5-8,10-12,14H,2-4,9,13H2,1H3/t25-;/m0./s1. The first-order valence-electron chi connectivity index (χ1n) is 23.1. The molecule has 4 aliphatic heterocycles. The molecule has 14 nitrogen and oxygen atoms in total. The van der Waals surface area contributed by atoms with E-state index in [1.165, 1.54) is 33.0 Å². The van der Waals surface area contributed by atoms with Crippen LogP contribution in [0, 0.1) is 13.8 Å². The van der Waals surface area contributed by atoms with Crippen LogP contribution in [0.1, 0.15) is 97.7 Å². The number of fused-ring (bicyclic) bond motifs is 2. The quantitative estimate of drug-likeness (QED) is 0.157. The van der Waals surface area contributed by atoms with Crippen molar-refractivity contribution in [1.82, 2.24) is 24.3 Å². The topological polar surface area (TPSA) is 138 Å². The van der Waals surface area contributed by atoms with Crippen LogP contribution in [0.25, 0.3) is 0 Å². The molecule has 0 aliphatic carbocycles. The van der Waals surface area contributed by atoms with Crippen LogP contribution >= 0.6 is 22.7 Å². The Morgan fingerprint density at radius 2 is 1.24 bits per heavy atom. The maximum atomic E-state index is 13.4. The second-order valence-electron chi connectivity index (χ2n) is 17.5. The number of nitrogens with zero attached hydrogens (tertiary/aromatic N) is 7. The van der Waals surface area contributed by atoms with Crippen LogP contribution in [-0.2, 0) is 40.3 Å². The molecule has 66 heavy (non-hydrogen) atoms. The van der Waals surface area contributed by atoms with E-state index in [1.807, 2.05) is 77.1 Å². The number of carbonyl (C=O) groups is 5. The zero-order chi connectivity index (χ0) is 46.2. The van der Waals surface area contributed by atoms with Crippen LogP contribution in [0.2, 0.25) is 0 Å². The Hall–Kier alpha value is -5.84. The average molecular weight is 934 g/mol. The molecular weight excluding hydrogens is 875 g/mol. The first-order valence-corrected chi connectivity index (χ1v) is 24.8. The van der Waals surface area contributed by atoms with Crippen molar-refractivity contribution in [3.63, 3.8) is 0 Å². The molecule has 4 aliphatic rings. The largest absolute Gasteiger partial charge is 0.445 e. The van der Waals surface area contributed by atoms with Crippen LogP contribution < -0.4 is 9.80 Å². The average Bonchev–Trinajstić information content (AvgIpc) is 4.15. The van der Waals surface area contributed by atoms with Crippen molar-refractivity contribution in [3.8, 4) is 0 Å². The molecule has 0 unspecified atom stereocenters. The molecule has 2 saturated heterocycles. The lowest BCUT2D eigenvalue weighted by molar-refractivity contribution is -0.135. The summed E-state index contributed by atoms with van der Waals surface area (Å²) in [7, 11) is 2.08. The highest BCUT2D eigenvalue weighted by molar-refractivity contribution is 7.10. The summed E-state index contributed by atoms with van der Waals surface area (Å²) >= 11 is 3.44. The minimum atomic E-state index is -0.480. The minimum Gasteiger partial charge on any atom is -0.445 e. The molecule has 2 aromatic carbocycles. The second-order valence-corrected chi connectivity index (χ2v) is 19.5. The van der Waals surface area contributed by atoms with E-state index in [-0.39, 0.29) is 30.9 Å². The summed E-state index contributed by atoms with van der Waals surface area (Å²) in [6.07, 6.45) is 12.2. The predicted molar refractivity (Wildman–Crippen MR) is 257 cm³/mol. The van der Waals surface area contributed by atoms with E-state index in [0.29, 0.717) is 30.6 Å². The molecule has 4 amide bonds. The number of likely N-dealkylation sites (N-methyl/N-ethyl adjacent to an activating group) is 1. The van der Waals surface area contributed by atoms with E-state index in [9.17, 15) is 24.0 Å². The first kappa shape index (κ1) is 46.7. The Balaban J connectivity index is 0.000000188. The molecule has 3 aromatic heterocycles. The lowest BCUT2D eigenvalue weighted by Crippen LogP contribution is -2.48. The summed E-state index contributed by atoms with van der Waals surface area (Å²) in [5.74, 6) is 0.0685. The van der Waals surface area contributed by atoms with Crippen molar-refractivity contribution in [2.45, 2.75) is 90.9 Å². The van der Waals surface area contributed by atoms with E-state index < -0.39 is 18.2 Å². The highest BCUT2D eigenvalue weighted by atomic mass is 32.1. The van der Waals surface area contributed by atoms with Crippen molar-refractivity contribution in [1.29, 1.82) is 0 Å². The maximum absolute atomic E-state index is 13.4. The third-order valence-corrected chi connectivity index (χ3v) is 14.9. The van der Waals surface area contributed by atoms with Gasteiger partial charge in [0.15, 0.2) is 0 Å². The molecular formula is C50H59N7O7S2. The van der Waals surface area contributed by atoms with E-state index in [4.69, 9.17) is 9.47 Å². The van der Waals surface area contributed by atoms with Gasteiger partial charge >= 0.3 is 12.2 Å². The van der Waals surface area contributed by atoms with Crippen LogP contribution in [0.4, 0.5) is 21.0 Å². The lowest BCUT2D eigenvalue weighted by atomic mass is 10.0. The van der Waals surface area contributed by atoms with Gasteiger partial charge in [-0.25, -0.2) is 19.1 Å². The molecule has 0 spiro atoms. The number of carbonyl (C=O) groups excluding carboxylic acids is 5. The van der Waals surface area contributed by atoms with Gasteiger partial charge in [0.1, 0.15) is 25.6 Å². The number of likely N-dealkylation sites (tertiary alicyclic amines) is 1. The normalized spacial score (nSPS) is 17.7. The Morgan fingerprint density at radius 1 is 0.652 bits per heavy atom. The van der Waals surface area contributed by atoms with Gasteiger partial charge in [-0.2, -0.15) is 0 Å². The van der Waals surface area contributed by atoms with E-state index in [0.717, 1.165) is 118 Å². The molecule has 2 fully saturated rings. The summed E-state index contributed by atoms with van der Waals surface area (Å²) < 4.78 is 12.3. The summed E-state index contributed by atoms with van der Waals surface area (Å²) in [4.78, 5) is 80.6. The van der Waals surface area contributed by atoms with Crippen molar-refractivity contribution in [2.24, 2.45) is 0 Å². The highest BCUT2D eigenvalue weighted by Crippen LogP contribution is 2.34. The molecule has 0 saturated carbocycles. The number of thiophene rings is 2. The second kappa shape index (κ2) is 21.6. The molecule has 1 atom stereocenters. The SMILES string of the molecule is Cc1cc(C(=O)N2CCCCc3sccc32)ccc1COC(=O)N1CCC[C@H]1C(=O)N1CCCN(C)CC1.Cc1cc(C(=O)N2CCCCc3sccc32)ccc1COC(=O)n1ccnc1. The number of benzene rings is 2. The fraction of sp³-hybridized carbons (Fsp3) is 0.440. The molecule has 0 radical (unpaired) electrons. The summed E-state index contributed by atoms with van der Waals surface area (Å²) in [6.45, 7) is 9.41. The van der Waals surface area contributed by atoms with Crippen molar-refractivity contribution < 1.29 is 33.4 Å². The third-order valence-electron chi connectivity index (χ3n) is 13.0. The Kier molecular flexibility index (Phi) is 15.3. The van der Waals surface area contributed by atoms with Crippen molar-refractivity contribution in [2.75, 3.05) is 62.7 Å². The van der Waals surface area contributed by atoms with Crippen molar-refractivity contribution in [3.05, 3.63) is 121 Å². The number of hydrogen-bond donors (Lipinski definition) is 0. The number of hydrogen-bond acceptors (Lipinski definition) is 11. The first-order chi connectivity index (χ1) is 32.0. The molecule has 7 heterocycles. The van der Waals surface area contributed by atoms with Gasteiger partial charge < -0.3 is 29.1 Å². The summed E-state index contributed by atoms with van der Waals surface area (Å²) in [6, 6.07) is 14.8. The lowest BCUT2D eigenvalue weighted by Gasteiger charge is -2.29.